The van der Waals surface area contributed by atoms with Crippen molar-refractivity contribution < 1.29 is 4.79 Å². The number of aromatic nitrogens is 1. The summed E-state index contributed by atoms with van der Waals surface area (Å²) in [5, 5.41) is 2.98. The lowest BCUT2D eigenvalue weighted by atomic mass is 10.1. The third kappa shape index (κ3) is 3.76. The van der Waals surface area contributed by atoms with E-state index in [1.54, 1.807) is 18.3 Å². The van der Waals surface area contributed by atoms with Crippen molar-refractivity contribution in [2.24, 2.45) is 0 Å². The molecule has 2 aromatic rings. The number of para-hydroxylation sites is 1. The van der Waals surface area contributed by atoms with Crippen LogP contribution in [0, 0.1) is 0 Å². The Balaban J connectivity index is 1.38. The molecule has 1 saturated heterocycles. The van der Waals surface area contributed by atoms with Gasteiger partial charge in [-0.15, -0.1) is 11.3 Å². The van der Waals surface area contributed by atoms with Crippen molar-refractivity contribution in [2.45, 2.75) is 45.3 Å². The van der Waals surface area contributed by atoms with Crippen LogP contribution in [0.3, 0.4) is 0 Å². The summed E-state index contributed by atoms with van der Waals surface area (Å²) in [6.07, 6.45) is 2.21. The first kappa shape index (κ1) is 17.5. The summed E-state index contributed by atoms with van der Waals surface area (Å²) in [6.45, 7) is 7.88. The molecule has 0 bridgehead atoms. The summed E-state index contributed by atoms with van der Waals surface area (Å²) in [5.41, 5.74) is 2.38. The second-order valence-corrected chi connectivity index (χ2v) is 8.18. The van der Waals surface area contributed by atoms with Crippen LogP contribution in [-0.2, 0) is 11.3 Å². The van der Waals surface area contributed by atoms with Gasteiger partial charge in [0.1, 0.15) is 0 Å². The van der Waals surface area contributed by atoms with Crippen LogP contribution in [0.1, 0.15) is 32.4 Å². The number of nitrogens with zero attached hydrogens (tertiary/aromatic N) is 4. The molecule has 2 fully saturated rings. The molecule has 1 atom stereocenters. The first-order valence-electron chi connectivity index (χ1n) is 9.40. The van der Waals surface area contributed by atoms with Gasteiger partial charge in [-0.25, -0.2) is 4.98 Å². The number of carbonyl (C=O) groups excluding carboxylic acids is 1. The van der Waals surface area contributed by atoms with E-state index < -0.39 is 0 Å². The molecule has 1 amide bonds. The minimum Gasteiger partial charge on any atom is -0.369 e. The van der Waals surface area contributed by atoms with Gasteiger partial charge in [-0.1, -0.05) is 18.2 Å². The maximum Gasteiger partial charge on any atom is 0.225 e. The van der Waals surface area contributed by atoms with Crippen molar-refractivity contribution in [1.82, 2.24) is 9.88 Å². The molecule has 26 heavy (non-hydrogen) atoms. The van der Waals surface area contributed by atoms with Gasteiger partial charge in [0.2, 0.25) is 5.91 Å². The summed E-state index contributed by atoms with van der Waals surface area (Å²) in [7, 11) is 0. The topological polar surface area (TPSA) is 39.7 Å². The van der Waals surface area contributed by atoms with Crippen LogP contribution < -0.4 is 9.80 Å². The highest BCUT2D eigenvalue weighted by atomic mass is 32.1. The Kier molecular flexibility index (Phi) is 4.96. The Morgan fingerprint density at radius 2 is 2.04 bits per heavy atom. The molecule has 1 aliphatic carbocycles. The Morgan fingerprint density at radius 3 is 2.69 bits per heavy atom. The number of thiazole rings is 1. The highest BCUT2D eigenvalue weighted by molar-refractivity contribution is 7.14. The van der Waals surface area contributed by atoms with Crippen LogP contribution >= 0.6 is 11.3 Å². The molecule has 5 nitrogen and oxygen atoms in total. The zero-order chi connectivity index (χ0) is 18.1. The van der Waals surface area contributed by atoms with E-state index in [1.165, 1.54) is 5.69 Å². The molecule has 2 heterocycles. The van der Waals surface area contributed by atoms with Crippen LogP contribution in [0.4, 0.5) is 10.8 Å². The summed E-state index contributed by atoms with van der Waals surface area (Å²) in [4.78, 5) is 23.5. The summed E-state index contributed by atoms with van der Waals surface area (Å²) in [5.74, 6) is 0.109. The van der Waals surface area contributed by atoms with Gasteiger partial charge in [0, 0.05) is 56.3 Å². The van der Waals surface area contributed by atoms with Gasteiger partial charge in [0.25, 0.3) is 0 Å². The van der Waals surface area contributed by atoms with E-state index in [9.17, 15) is 4.79 Å². The molecule has 0 unspecified atom stereocenters. The zero-order valence-corrected chi connectivity index (χ0v) is 16.3. The van der Waals surface area contributed by atoms with Crippen LogP contribution in [0.25, 0.3) is 0 Å². The molecule has 1 aliphatic heterocycles. The summed E-state index contributed by atoms with van der Waals surface area (Å²) >= 11 is 1.60. The molecule has 138 valence electrons. The van der Waals surface area contributed by atoms with Gasteiger partial charge >= 0.3 is 0 Å². The molecular weight excluding hydrogens is 344 g/mol. The maximum atomic E-state index is 11.9. The van der Waals surface area contributed by atoms with Crippen LogP contribution in [0.15, 0.2) is 35.7 Å². The lowest BCUT2D eigenvalue weighted by Crippen LogP contribution is -2.51. The van der Waals surface area contributed by atoms with Crippen LogP contribution in [0.5, 0.6) is 0 Å². The average molecular weight is 371 g/mol. The third-order valence-corrected chi connectivity index (χ3v) is 6.14. The number of anilines is 2. The Hall–Kier alpha value is -1.92. The molecule has 1 saturated carbocycles. The van der Waals surface area contributed by atoms with Crippen molar-refractivity contribution in [2.75, 3.05) is 29.4 Å². The summed E-state index contributed by atoms with van der Waals surface area (Å²) < 4.78 is 0. The predicted molar refractivity (Wildman–Crippen MR) is 107 cm³/mol. The number of piperazine rings is 1. The highest BCUT2D eigenvalue weighted by Crippen LogP contribution is 2.34. The standard InChI is InChI=1S/C20H26N4OS/c1-15-12-23(18-6-4-3-5-7-18)11-10-22(15)13-17-14-26-20(21-17)24(16(2)25)19-8-9-19/h3-7,14-15,19H,8-13H2,1-2H3/t15-/m0/s1. The van der Waals surface area contributed by atoms with E-state index in [1.807, 2.05) is 4.90 Å². The molecule has 2 aliphatic rings. The first-order chi connectivity index (χ1) is 12.6. The van der Waals surface area contributed by atoms with Gasteiger partial charge < -0.3 is 4.90 Å². The normalized spacial score (nSPS) is 21.0. The van der Waals surface area contributed by atoms with Gasteiger partial charge in [-0.05, 0) is 31.9 Å². The van der Waals surface area contributed by atoms with Crippen molar-refractivity contribution >= 4 is 28.1 Å². The molecule has 1 aromatic carbocycles. The van der Waals surface area contributed by atoms with Crippen molar-refractivity contribution in [3.05, 3.63) is 41.4 Å². The molecule has 0 spiro atoms. The van der Waals surface area contributed by atoms with E-state index in [0.29, 0.717) is 12.1 Å². The number of amides is 1. The monoisotopic (exact) mass is 370 g/mol. The van der Waals surface area contributed by atoms with Crippen LogP contribution in [-0.4, -0.2) is 47.5 Å². The van der Waals surface area contributed by atoms with Crippen molar-refractivity contribution in [3.8, 4) is 0 Å². The second-order valence-electron chi connectivity index (χ2n) is 7.34. The highest BCUT2D eigenvalue weighted by Gasteiger charge is 2.34. The number of rotatable bonds is 5. The molecule has 4 rings (SSSR count). The molecular formula is C20H26N4OS. The van der Waals surface area contributed by atoms with E-state index in [0.717, 1.165) is 49.8 Å². The number of hydrogen-bond acceptors (Lipinski definition) is 5. The largest absolute Gasteiger partial charge is 0.369 e. The average Bonchev–Trinajstić information content (AvgIpc) is 3.36. The van der Waals surface area contributed by atoms with Crippen molar-refractivity contribution in [1.29, 1.82) is 0 Å². The molecule has 0 radical (unpaired) electrons. The molecule has 1 aromatic heterocycles. The lowest BCUT2D eigenvalue weighted by molar-refractivity contribution is -0.116. The van der Waals surface area contributed by atoms with Crippen LogP contribution in [0.2, 0.25) is 0 Å². The molecule has 6 heteroatoms. The van der Waals surface area contributed by atoms with Gasteiger partial charge in [0.05, 0.1) is 5.69 Å². The number of carbonyl (C=O) groups is 1. The van der Waals surface area contributed by atoms with Gasteiger partial charge in [0.15, 0.2) is 5.13 Å². The Bertz CT molecular complexity index is 758. The smallest absolute Gasteiger partial charge is 0.225 e. The zero-order valence-electron chi connectivity index (χ0n) is 15.5. The summed E-state index contributed by atoms with van der Waals surface area (Å²) in [6, 6.07) is 11.5. The fourth-order valence-electron chi connectivity index (χ4n) is 3.67. The molecule has 0 N–H and O–H groups in total. The van der Waals surface area contributed by atoms with E-state index in [-0.39, 0.29) is 5.91 Å². The van der Waals surface area contributed by atoms with E-state index in [2.05, 4.69) is 52.4 Å². The lowest BCUT2D eigenvalue weighted by Gasteiger charge is -2.40. The van der Waals surface area contributed by atoms with Gasteiger partial charge in [-0.3, -0.25) is 14.6 Å². The van der Waals surface area contributed by atoms with Gasteiger partial charge in [-0.2, -0.15) is 0 Å². The predicted octanol–water partition coefficient (Wildman–Crippen LogP) is 3.37. The minimum absolute atomic E-state index is 0.109. The van der Waals surface area contributed by atoms with E-state index in [4.69, 9.17) is 4.98 Å². The maximum absolute atomic E-state index is 11.9. The Morgan fingerprint density at radius 1 is 1.27 bits per heavy atom. The fourth-order valence-corrected chi connectivity index (χ4v) is 4.60. The van der Waals surface area contributed by atoms with E-state index >= 15 is 0 Å². The Labute approximate surface area is 159 Å². The SMILES string of the molecule is CC(=O)N(c1nc(CN2CCN(c3ccccc3)C[C@@H]2C)cs1)C1CC1. The second kappa shape index (κ2) is 7.37. The quantitative estimate of drug-likeness (QED) is 0.809. The first-order valence-corrected chi connectivity index (χ1v) is 10.3. The fraction of sp³-hybridized carbons (Fsp3) is 0.500. The third-order valence-electron chi connectivity index (χ3n) is 5.25. The number of hydrogen-bond donors (Lipinski definition) is 0. The van der Waals surface area contributed by atoms with Crippen molar-refractivity contribution in [3.63, 3.8) is 0 Å². The number of benzene rings is 1. The minimum atomic E-state index is 0.109.